The summed E-state index contributed by atoms with van der Waals surface area (Å²) in [6, 6.07) is 23.4. The lowest BCUT2D eigenvalue weighted by Crippen LogP contribution is -2.46. The summed E-state index contributed by atoms with van der Waals surface area (Å²) in [7, 11) is 0. The van der Waals surface area contributed by atoms with E-state index in [1.54, 1.807) is 0 Å². The average molecular weight is 329 g/mol. The van der Waals surface area contributed by atoms with Crippen molar-refractivity contribution in [2.45, 2.75) is 6.54 Å². The molecule has 0 bridgehead atoms. The van der Waals surface area contributed by atoms with Crippen molar-refractivity contribution in [3.63, 3.8) is 0 Å². The van der Waals surface area contributed by atoms with E-state index in [-0.39, 0.29) is 0 Å². The Labute approximate surface area is 149 Å². The summed E-state index contributed by atoms with van der Waals surface area (Å²) in [6.07, 6.45) is 3.89. The van der Waals surface area contributed by atoms with E-state index < -0.39 is 0 Å². The van der Waals surface area contributed by atoms with E-state index in [1.807, 2.05) is 12.4 Å². The van der Waals surface area contributed by atoms with E-state index in [0.29, 0.717) is 0 Å². The van der Waals surface area contributed by atoms with Gasteiger partial charge in [0.05, 0.1) is 0 Å². The topological polar surface area (TPSA) is 19.4 Å². The van der Waals surface area contributed by atoms with Gasteiger partial charge in [0.2, 0.25) is 0 Å². The number of hydrogen-bond acceptors (Lipinski definition) is 3. The third-order valence-electron chi connectivity index (χ3n) is 4.84. The molecule has 25 heavy (non-hydrogen) atoms. The smallest absolute Gasteiger partial charge is 0.0477 e. The minimum Gasteiger partial charge on any atom is -0.368 e. The van der Waals surface area contributed by atoms with Crippen LogP contribution in [0.15, 0.2) is 79.1 Å². The van der Waals surface area contributed by atoms with Gasteiger partial charge in [-0.3, -0.25) is 9.88 Å². The van der Waals surface area contributed by atoms with Crippen molar-refractivity contribution in [1.29, 1.82) is 0 Å². The van der Waals surface area contributed by atoms with Gasteiger partial charge in [-0.1, -0.05) is 60.7 Å². The molecule has 0 saturated carbocycles. The Morgan fingerprint density at radius 3 is 2.16 bits per heavy atom. The van der Waals surface area contributed by atoms with Crippen LogP contribution in [0.4, 0.5) is 5.69 Å². The van der Waals surface area contributed by atoms with Crippen LogP contribution < -0.4 is 4.90 Å². The average Bonchev–Trinajstić information content (AvgIpc) is 2.70. The molecule has 0 spiro atoms. The molecule has 3 aromatic rings. The molecule has 1 saturated heterocycles. The van der Waals surface area contributed by atoms with E-state index in [0.717, 1.165) is 32.7 Å². The lowest BCUT2D eigenvalue weighted by atomic mass is 10.0. The fraction of sp³-hybridized carbons (Fsp3) is 0.227. The van der Waals surface area contributed by atoms with Crippen molar-refractivity contribution in [2.75, 3.05) is 31.1 Å². The van der Waals surface area contributed by atoms with Gasteiger partial charge >= 0.3 is 0 Å². The highest BCUT2D eigenvalue weighted by molar-refractivity contribution is 5.77. The van der Waals surface area contributed by atoms with E-state index in [9.17, 15) is 0 Å². The molecule has 0 N–H and O–H groups in total. The summed E-state index contributed by atoms with van der Waals surface area (Å²) in [5, 5.41) is 0. The maximum absolute atomic E-state index is 4.35. The summed E-state index contributed by atoms with van der Waals surface area (Å²) in [4.78, 5) is 9.38. The van der Waals surface area contributed by atoms with Crippen LogP contribution in [-0.4, -0.2) is 36.1 Å². The van der Waals surface area contributed by atoms with E-state index in [1.165, 1.54) is 22.4 Å². The molecule has 0 radical (unpaired) electrons. The van der Waals surface area contributed by atoms with E-state index in [2.05, 4.69) is 81.5 Å². The second kappa shape index (κ2) is 7.49. The molecule has 126 valence electrons. The highest BCUT2D eigenvalue weighted by atomic mass is 15.3. The summed E-state index contributed by atoms with van der Waals surface area (Å²) in [6.45, 7) is 5.32. The summed E-state index contributed by atoms with van der Waals surface area (Å²) in [5.74, 6) is 0. The Morgan fingerprint density at radius 2 is 1.44 bits per heavy atom. The Bertz CT molecular complexity index is 794. The first-order valence-corrected chi connectivity index (χ1v) is 8.91. The largest absolute Gasteiger partial charge is 0.368 e. The number of benzene rings is 2. The quantitative estimate of drug-likeness (QED) is 0.719. The van der Waals surface area contributed by atoms with Crippen molar-refractivity contribution >= 4 is 5.69 Å². The molecule has 0 unspecified atom stereocenters. The zero-order chi connectivity index (χ0) is 16.9. The molecule has 2 heterocycles. The first-order chi connectivity index (χ1) is 12.4. The van der Waals surface area contributed by atoms with Crippen LogP contribution in [0.5, 0.6) is 0 Å². The highest BCUT2D eigenvalue weighted by Crippen LogP contribution is 2.30. The molecule has 4 rings (SSSR count). The Kier molecular flexibility index (Phi) is 4.75. The molecule has 0 aliphatic carbocycles. The first-order valence-electron chi connectivity index (χ1n) is 8.91. The Hall–Kier alpha value is -2.65. The Balaban J connectivity index is 1.46. The molecular formula is C22H23N3. The molecule has 1 aliphatic heterocycles. The zero-order valence-corrected chi connectivity index (χ0v) is 14.4. The molecule has 0 atom stereocenters. The van der Waals surface area contributed by atoms with Crippen LogP contribution in [-0.2, 0) is 6.54 Å². The van der Waals surface area contributed by atoms with Crippen molar-refractivity contribution in [2.24, 2.45) is 0 Å². The third-order valence-corrected chi connectivity index (χ3v) is 4.84. The summed E-state index contributed by atoms with van der Waals surface area (Å²) < 4.78 is 0. The minimum absolute atomic E-state index is 1.04. The molecule has 0 amide bonds. The number of rotatable bonds is 4. The minimum atomic E-state index is 1.04. The second-order valence-corrected chi connectivity index (χ2v) is 6.51. The standard InChI is InChI=1S/C22H23N3/c1-3-7-19(8-4-1)18-24-13-15-25(16-14-24)22-11-12-23-17-21(22)20-9-5-2-6-10-20/h1-12,17H,13-16,18H2. The van der Waals surface area contributed by atoms with Crippen molar-refractivity contribution < 1.29 is 0 Å². The number of aromatic nitrogens is 1. The van der Waals surface area contributed by atoms with Crippen molar-refractivity contribution in [3.05, 3.63) is 84.7 Å². The van der Waals surface area contributed by atoms with Gasteiger partial charge in [-0.05, 0) is 17.2 Å². The van der Waals surface area contributed by atoms with Gasteiger partial charge in [-0.25, -0.2) is 0 Å². The van der Waals surface area contributed by atoms with Gasteiger partial charge in [-0.15, -0.1) is 0 Å². The predicted molar refractivity (Wildman–Crippen MR) is 104 cm³/mol. The molecule has 3 nitrogen and oxygen atoms in total. The maximum Gasteiger partial charge on any atom is 0.0477 e. The van der Waals surface area contributed by atoms with Crippen molar-refractivity contribution in [3.8, 4) is 11.1 Å². The van der Waals surface area contributed by atoms with E-state index >= 15 is 0 Å². The fourth-order valence-electron chi connectivity index (χ4n) is 3.49. The summed E-state index contributed by atoms with van der Waals surface area (Å²) >= 11 is 0. The highest BCUT2D eigenvalue weighted by Gasteiger charge is 2.19. The molecule has 3 heteroatoms. The first kappa shape index (κ1) is 15.9. The Morgan fingerprint density at radius 1 is 0.760 bits per heavy atom. The maximum atomic E-state index is 4.35. The molecule has 2 aromatic carbocycles. The fourth-order valence-corrected chi connectivity index (χ4v) is 3.49. The number of piperazine rings is 1. The van der Waals surface area contributed by atoms with Gasteiger partial charge in [0.1, 0.15) is 0 Å². The second-order valence-electron chi connectivity index (χ2n) is 6.51. The molecule has 1 aliphatic rings. The van der Waals surface area contributed by atoms with Crippen molar-refractivity contribution in [1.82, 2.24) is 9.88 Å². The normalized spacial score (nSPS) is 15.3. The van der Waals surface area contributed by atoms with Crippen LogP contribution in [0.3, 0.4) is 0 Å². The third kappa shape index (κ3) is 3.72. The monoisotopic (exact) mass is 329 g/mol. The van der Waals surface area contributed by atoms with Gasteiger partial charge in [0.15, 0.2) is 0 Å². The van der Waals surface area contributed by atoms with E-state index in [4.69, 9.17) is 0 Å². The number of pyridine rings is 1. The van der Waals surface area contributed by atoms with Crippen LogP contribution in [0.2, 0.25) is 0 Å². The number of nitrogens with zero attached hydrogens (tertiary/aromatic N) is 3. The molecule has 1 fully saturated rings. The van der Waals surface area contributed by atoms with Crippen LogP contribution in [0.1, 0.15) is 5.56 Å². The lowest BCUT2D eigenvalue weighted by molar-refractivity contribution is 0.250. The molecule has 1 aromatic heterocycles. The summed E-state index contributed by atoms with van der Waals surface area (Å²) in [5.41, 5.74) is 5.14. The predicted octanol–water partition coefficient (Wildman–Crippen LogP) is 4.07. The number of anilines is 1. The SMILES string of the molecule is c1ccc(CN2CCN(c3ccncc3-c3ccccc3)CC2)cc1. The number of hydrogen-bond donors (Lipinski definition) is 0. The van der Waals surface area contributed by atoms with Crippen LogP contribution in [0.25, 0.3) is 11.1 Å². The van der Waals surface area contributed by atoms with Gasteiger partial charge < -0.3 is 4.90 Å². The van der Waals surface area contributed by atoms with Gasteiger partial charge in [0.25, 0.3) is 0 Å². The van der Waals surface area contributed by atoms with Gasteiger partial charge in [-0.2, -0.15) is 0 Å². The van der Waals surface area contributed by atoms with Gasteiger partial charge in [0, 0.05) is 56.4 Å². The van der Waals surface area contributed by atoms with Crippen LogP contribution >= 0.6 is 0 Å². The zero-order valence-electron chi connectivity index (χ0n) is 14.4. The lowest BCUT2D eigenvalue weighted by Gasteiger charge is -2.37. The molecular weight excluding hydrogens is 306 g/mol. The van der Waals surface area contributed by atoms with Crippen LogP contribution in [0, 0.1) is 0 Å².